The molecule has 0 saturated heterocycles. The molecule has 1 aliphatic carbocycles. The zero-order chi connectivity index (χ0) is 15.6. The highest BCUT2D eigenvalue weighted by molar-refractivity contribution is 5.83. The minimum atomic E-state index is -0.840. The van der Waals surface area contributed by atoms with Crippen molar-refractivity contribution in [1.29, 1.82) is 0 Å². The third-order valence-corrected chi connectivity index (χ3v) is 4.85. The Labute approximate surface area is 130 Å². The second-order valence-electron chi connectivity index (χ2n) is 5.86. The third-order valence-electron chi connectivity index (χ3n) is 4.85. The van der Waals surface area contributed by atoms with Gasteiger partial charge >= 0.3 is 5.97 Å². The molecule has 22 heavy (non-hydrogen) atoms. The Morgan fingerprint density at radius 2 is 1.82 bits per heavy atom. The van der Waals surface area contributed by atoms with Gasteiger partial charge in [0.2, 0.25) is 0 Å². The molecule has 0 aromatic heterocycles. The first-order valence-corrected chi connectivity index (χ1v) is 7.61. The number of benzene rings is 2. The molecule has 0 heterocycles. The molecule has 1 N–H and O–H groups in total. The van der Waals surface area contributed by atoms with Gasteiger partial charge in [0.25, 0.3) is 0 Å². The van der Waals surface area contributed by atoms with E-state index in [1.54, 1.807) is 7.11 Å². The summed E-state index contributed by atoms with van der Waals surface area (Å²) in [6.07, 6.45) is 2.51. The maximum absolute atomic E-state index is 12.2. The molecular weight excluding hydrogens is 276 g/mol. The van der Waals surface area contributed by atoms with Crippen molar-refractivity contribution in [2.45, 2.75) is 30.6 Å². The van der Waals surface area contributed by atoms with Crippen LogP contribution >= 0.6 is 0 Å². The van der Waals surface area contributed by atoms with Crippen LogP contribution in [0.3, 0.4) is 0 Å². The molecule has 2 aromatic rings. The van der Waals surface area contributed by atoms with Crippen molar-refractivity contribution < 1.29 is 14.6 Å². The minimum Gasteiger partial charge on any atom is -0.497 e. The molecule has 3 nitrogen and oxygen atoms in total. The highest BCUT2D eigenvalue weighted by atomic mass is 16.5. The lowest BCUT2D eigenvalue weighted by molar-refractivity contribution is -0.144. The first-order valence-electron chi connectivity index (χ1n) is 7.61. The number of methoxy groups -OCH3 is 1. The summed E-state index contributed by atoms with van der Waals surface area (Å²) in [5, 5.41) is 10.0. The molecule has 2 unspecified atom stereocenters. The Balaban J connectivity index is 2.08. The van der Waals surface area contributed by atoms with Gasteiger partial charge in [0.15, 0.2) is 0 Å². The van der Waals surface area contributed by atoms with Gasteiger partial charge in [-0.05, 0) is 36.1 Å². The average Bonchev–Trinajstić information content (AvgIpc) is 3.02. The minimum absolute atomic E-state index is 0.0135. The summed E-state index contributed by atoms with van der Waals surface area (Å²) >= 11 is 0. The highest BCUT2D eigenvalue weighted by Crippen LogP contribution is 2.51. The van der Waals surface area contributed by atoms with E-state index in [1.165, 1.54) is 0 Å². The lowest BCUT2D eigenvalue weighted by Gasteiger charge is -2.32. The molecule has 0 radical (unpaired) electrons. The summed E-state index contributed by atoms with van der Waals surface area (Å²) in [7, 11) is 1.62. The van der Waals surface area contributed by atoms with Crippen molar-refractivity contribution in [3.63, 3.8) is 0 Å². The van der Waals surface area contributed by atoms with E-state index in [4.69, 9.17) is 4.74 Å². The maximum Gasteiger partial charge on any atom is 0.314 e. The first-order chi connectivity index (χ1) is 10.7. The fraction of sp³-hybridized carbons (Fsp3) is 0.316. The van der Waals surface area contributed by atoms with E-state index in [2.05, 4.69) is 0 Å². The molecule has 2 atom stereocenters. The monoisotopic (exact) mass is 296 g/mol. The lowest BCUT2D eigenvalue weighted by Crippen LogP contribution is -2.38. The summed E-state index contributed by atoms with van der Waals surface area (Å²) in [4.78, 5) is 12.2. The van der Waals surface area contributed by atoms with Crippen LogP contribution in [0.4, 0.5) is 0 Å². The van der Waals surface area contributed by atoms with E-state index in [-0.39, 0.29) is 5.92 Å². The quantitative estimate of drug-likeness (QED) is 0.928. The Kier molecular flexibility index (Phi) is 3.88. The van der Waals surface area contributed by atoms with Crippen LogP contribution in [0.15, 0.2) is 54.6 Å². The predicted octanol–water partition coefficient (Wildman–Crippen LogP) is 3.99. The van der Waals surface area contributed by atoms with E-state index in [0.717, 1.165) is 29.7 Å². The molecule has 3 heteroatoms. The van der Waals surface area contributed by atoms with Crippen molar-refractivity contribution in [2.24, 2.45) is 0 Å². The molecule has 0 amide bonds. The van der Waals surface area contributed by atoms with Gasteiger partial charge in [0.05, 0.1) is 12.5 Å². The van der Waals surface area contributed by atoms with Gasteiger partial charge < -0.3 is 9.84 Å². The van der Waals surface area contributed by atoms with Gasteiger partial charge in [-0.2, -0.15) is 0 Å². The van der Waals surface area contributed by atoms with E-state index in [0.29, 0.717) is 6.42 Å². The molecule has 1 fully saturated rings. The van der Waals surface area contributed by atoms with Crippen LogP contribution < -0.4 is 4.74 Å². The maximum atomic E-state index is 12.2. The SMILES string of the molecule is COc1ccc(C2(C(=O)O)CCCC2c2ccccc2)cc1. The third kappa shape index (κ3) is 2.27. The molecule has 2 aromatic carbocycles. The fourth-order valence-corrected chi connectivity index (χ4v) is 3.76. The van der Waals surface area contributed by atoms with E-state index in [9.17, 15) is 9.90 Å². The van der Waals surface area contributed by atoms with Crippen LogP contribution in [-0.2, 0) is 10.2 Å². The van der Waals surface area contributed by atoms with E-state index in [1.807, 2.05) is 54.6 Å². The van der Waals surface area contributed by atoms with Crippen LogP contribution in [0.2, 0.25) is 0 Å². The fourth-order valence-electron chi connectivity index (χ4n) is 3.76. The molecule has 1 saturated carbocycles. The van der Waals surface area contributed by atoms with Crippen molar-refractivity contribution in [3.05, 3.63) is 65.7 Å². The van der Waals surface area contributed by atoms with Gasteiger partial charge in [-0.3, -0.25) is 4.79 Å². The summed E-state index contributed by atoms with van der Waals surface area (Å²) in [5.74, 6) is 0.0298. The number of carboxylic acids is 1. The second kappa shape index (κ2) is 5.84. The van der Waals surface area contributed by atoms with Gasteiger partial charge in [0, 0.05) is 5.92 Å². The number of rotatable bonds is 4. The lowest BCUT2D eigenvalue weighted by atomic mass is 9.69. The number of hydrogen-bond donors (Lipinski definition) is 1. The highest BCUT2D eigenvalue weighted by Gasteiger charge is 2.51. The summed E-state index contributed by atoms with van der Waals surface area (Å²) < 4.78 is 5.19. The normalized spacial score (nSPS) is 24.1. The van der Waals surface area contributed by atoms with Crippen LogP contribution in [0.1, 0.15) is 36.3 Å². The van der Waals surface area contributed by atoms with Crippen molar-refractivity contribution in [2.75, 3.05) is 7.11 Å². The molecular formula is C19H20O3. The van der Waals surface area contributed by atoms with Gasteiger partial charge in [-0.1, -0.05) is 48.9 Å². The van der Waals surface area contributed by atoms with Crippen LogP contribution in [0, 0.1) is 0 Å². The Bertz CT molecular complexity index is 648. The smallest absolute Gasteiger partial charge is 0.314 e. The number of aliphatic carboxylic acids is 1. The molecule has 0 aliphatic heterocycles. The Morgan fingerprint density at radius 1 is 1.14 bits per heavy atom. The molecule has 0 spiro atoms. The number of hydrogen-bond acceptors (Lipinski definition) is 2. The molecule has 0 bridgehead atoms. The van der Waals surface area contributed by atoms with Crippen LogP contribution in [0.25, 0.3) is 0 Å². The standard InChI is InChI=1S/C19H20O3/c1-22-16-11-9-15(10-12-16)19(18(20)21)13-5-8-17(19)14-6-3-2-4-7-14/h2-4,6-7,9-12,17H,5,8,13H2,1H3,(H,20,21). The van der Waals surface area contributed by atoms with Gasteiger partial charge in [0.1, 0.15) is 5.75 Å². The average molecular weight is 296 g/mol. The molecule has 3 rings (SSSR count). The van der Waals surface area contributed by atoms with Crippen molar-refractivity contribution in [3.8, 4) is 5.75 Å². The zero-order valence-electron chi connectivity index (χ0n) is 12.7. The van der Waals surface area contributed by atoms with Gasteiger partial charge in [-0.25, -0.2) is 0 Å². The number of carbonyl (C=O) groups is 1. The Hall–Kier alpha value is -2.29. The van der Waals surface area contributed by atoms with Crippen LogP contribution in [0.5, 0.6) is 5.75 Å². The zero-order valence-corrected chi connectivity index (χ0v) is 12.7. The second-order valence-corrected chi connectivity index (χ2v) is 5.86. The predicted molar refractivity (Wildman–Crippen MR) is 85.3 cm³/mol. The van der Waals surface area contributed by atoms with Crippen LogP contribution in [-0.4, -0.2) is 18.2 Å². The summed E-state index contributed by atoms with van der Waals surface area (Å²) in [6, 6.07) is 17.5. The topological polar surface area (TPSA) is 46.5 Å². The van der Waals surface area contributed by atoms with Crippen molar-refractivity contribution in [1.82, 2.24) is 0 Å². The Morgan fingerprint density at radius 3 is 2.41 bits per heavy atom. The van der Waals surface area contributed by atoms with Gasteiger partial charge in [-0.15, -0.1) is 0 Å². The number of carboxylic acid groups (broad SMARTS) is 1. The largest absolute Gasteiger partial charge is 0.497 e. The summed E-state index contributed by atoms with van der Waals surface area (Å²) in [6.45, 7) is 0. The summed E-state index contributed by atoms with van der Waals surface area (Å²) in [5.41, 5.74) is 1.14. The molecule has 1 aliphatic rings. The molecule has 114 valence electrons. The van der Waals surface area contributed by atoms with E-state index >= 15 is 0 Å². The first kappa shape index (κ1) is 14.6. The van der Waals surface area contributed by atoms with Crippen molar-refractivity contribution >= 4 is 5.97 Å². The number of ether oxygens (including phenoxy) is 1. The van der Waals surface area contributed by atoms with E-state index < -0.39 is 11.4 Å².